The maximum Gasteiger partial charge on any atom is 0.171 e. The minimum absolute atomic E-state index is 0.0919. The van der Waals surface area contributed by atoms with Crippen LogP contribution in [0.3, 0.4) is 0 Å². The van der Waals surface area contributed by atoms with E-state index >= 15 is 0 Å². The molecule has 1 atom stereocenters. The Labute approximate surface area is 171 Å². The van der Waals surface area contributed by atoms with Gasteiger partial charge in [0.15, 0.2) is 5.11 Å². The van der Waals surface area contributed by atoms with Crippen molar-refractivity contribution in [3.8, 4) is 11.5 Å². The summed E-state index contributed by atoms with van der Waals surface area (Å²) >= 11 is 5.53. The zero-order chi connectivity index (χ0) is 19.5. The number of benzene rings is 2. The van der Waals surface area contributed by atoms with E-state index in [1.807, 2.05) is 24.3 Å². The molecule has 0 fully saturated rings. The van der Waals surface area contributed by atoms with Crippen molar-refractivity contribution in [2.45, 2.75) is 25.3 Å². The van der Waals surface area contributed by atoms with Crippen LogP contribution in [0.5, 0.6) is 11.5 Å². The first-order chi connectivity index (χ1) is 13.7. The molecule has 144 valence electrons. The van der Waals surface area contributed by atoms with Crippen molar-refractivity contribution >= 4 is 23.4 Å². The first kappa shape index (κ1) is 18.6. The molecule has 1 aliphatic carbocycles. The van der Waals surface area contributed by atoms with E-state index in [1.165, 1.54) is 22.4 Å². The van der Waals surface area contributed by atoms with E-state index in [1.54, 1.807) is 14.2 Å². The van der Waals surface area contributed by atoms with E-state index in [-0.39, 0.29) is 6.04 Å². The number of hydrogen-bond acceptors (Lipinski definition) is 3. The Bertz CT molecular complexity index is 930. The highest BCUT2D eigenvalue weighted by Gasteiger charge is 2.30. The average Bonchev–Trinajstić information content (AvgIpc) is 2.74. The summed E-state index contributed by atoms with van der Waals surface area (Å²) in [4.78, 5) is 0. The van der Waals surface area contributed by atoms with Crippen molar-refractivity contribution < 1.29 is 9.47 Å². The highest BCUT2D eigenvalue weighted by atomic mass is 32.1. The molecule has 2 N–H and O–H groups in total. The second-order valence-electron chi connectivity index (χ2n) is 7.00. The third-order valence-corrected chi connectivity index (χ3v) is 5.52. The summed E-state index contributed by atoms with van der Waals surface area (Å²) in [6.07, 6.45) is 5.47. The normalized spacial score (nSPS) is 20.3. The van der Waals surface area contributed by atoms with E-state index < -0.39 is 0 Å². The molecule has 0 spiro atoms. The van der Waals surface area contributed by atoms with Gasteiger partial charge in [0.05, 0.1) is 20.3 Å². The van der Waals surface area contributed by atoms with Crippen molar-refractivity contribution in [3.05, 3.63) is 76.5 Å². The third-order valence-electron chi connectivity index (χ3n) is 5.30. The SMILES string of the molecule is COc1ccc(C=C2CCCC3=C2NC(=S)N[C@H]3c2ccc(OC)cc2)cc1. The van der Waals surface area contributed by atoms with Crippen LogP contribution in [0.2, 0.25) is 0 Å². The molecule has 0 amide bonds. The van der Waals surface area contributed by atoms with Crippen LogP contribution in [0.15, 0.2) is 65.4 Å². The second-order valence-corrected chi connectivity index (χ2v) is 7.41. The van der Waals surface area contributed by atoms with Gasteiger partial charge in [0.25, 0.3) is 0 Å². The minimum Gasteiger partial charge on any atom is -0.497 e. The number of allylic oxidation sites excluding steroid dienone is 1. The Kier molecular flexibility index (Phi) is 5.35. The number of nitrogens with one attached hydrogen (secondary N) is 2. The molecule has 2 aromatic carbocycles. The molecule has 5 heteroatoms. The Morgan fingerprint density at radius 2 is 1.57 bits per heavy atom. The number of methoxy groups -OCH3 is 2. The third kappa shape index (κ3) is 3.76. The van der Waals surface area contributed by atoms with Crippen LogP contribution in [-0.4, -0.2) is 19.3 Å². The van der Waals surface area contributed by atoms with Crippen LogP contribution < -0.4 is 20.1 Å². The Balaban J connectivity index is 1.70. The Morgan fingerprint density at radius 1 is 0.929 bits per heavy atom. The summed E-state index contributed by atoms with van der Waals surface area (Å²) in [6.45, 7) is 0. The molecule has 28 heavy (non-hydrogen) atoms. The molecule has 4 rings (SSSR count). The monoisotopic (exact) mass is 392 g/mol. The molecule has 1 heterocycles. The van der Waals surface area contributed by atoms with Crippen LogP contribution >= 0.6 is 12.2 Å². The molecule has 0 bridgehead atoms. The van der Waals surface area contributed by atoms with E-state index in [2.05, 4.69) is 41.0 Å². The molecule has 4 nitrogen and oxygen atoms in total. The van der Waals surface area contributed by atoms with E-state index in [9.17, 15) is 0 Å². The fourth-order valence-corrected chi connectivity index (χ4v) is 4.09. The van der Waals surface area contributed by atoms with Crippen molar-refractivity contribution in [2.75, 3.05) is 14.2 Å². The standard InChI is InChI=1S/C23H24N2O2S/c1-26-18-10-6-15(7-11-18)14-17-4-3-5-20-21(24-23(28)25-22(17)20)16-8-12-19(27-2)13-9-16/h6-14,21H,3-5H2,1-2H3,(H2,24,25,28)/t21-/m0/s1. The highest BCUT2D eigenvalue weighted by molar-refractivity contribution is 7.80. The Hall–Kier alpha value is -2.79. The number of hydrogen-bond donors (Lipinski definition) is 2. The Morgan fingerprint density at radius 3 is 2.21 bits per heavy atom. The smallest absolute Gasteiger partial charge is 0.171 e. The fourth-order valence-electron chi connectivity index (χ4n) is 3.87. The van der Waals surface area contributed by atoms with Crippen molar-refractivity contribution in [1.29, 1.82) is 0 Å². The number of thiocarbonyl (C=S) groups is 1. The summed E-state index contributed by atoms with van der Waals surface area (Å²) < 4.78 is 10.6. The maximum atomic E-state index is 5.53. The van der Waals surface area contributed by atoms with Crippen molar-refractivity contribution in [1.82, 2.24) is 10.6 Å². The van der Waals surface area contributed by atoms with Gasteiger partial charge >= 0.3 is 0 Å². The van der Waals surface area contributed by atoms with Gasteiger partial charge in [-0.2, -0.15) is 0 Å². The molecule has 0 aromatic heterocycles. The topological polar surface area (TPSA) is 42.5 Å². The van der Waals surface area contributed by atoms with Crippen LogP contribution in [0.1, 0.15) is 36.4 Å². The lowest BCUT2D eigenvalue weighted by atomic mass is 9.83. The predicted octanol–water partition coefficient (Wildman–Crippen LogP) is 4.74. The molecule has 0 saturated heterocycles. The summed E-state index contributed by atoms with van der Waals surface area (Å²) in [5.74, 6) is 1.73. The van der Waals surface area contributed by atoms with Crippen LogP contribution in [0.4, 0.5) is 0 Å². The number of ether oxygens (including phenoxy) is 2. The first-order valence-corrected chi connectivity index (χ1v) is 9.88. The molecular formula is C23H24N2O2S. The molecule has 0 unspecified atom stereocenters. The first-order valence-electron chi connectivity index (χ1n) is 9.47. The highest BCUT2D eigenvalue weighted by Crippen LogP contribution is 2.39. The van der Waals surface area contributed by atoms with Crippen molar-refractivity contribution in [3.63, 3.8) is 0 Å². The minimum atomic E-state index is 0.0919. The molecule has 2 aromatic rings. The zero-order valence-electron chi connectivity index (χ0n) is 16.1. The van der Waals surface area contributed by atoms with E-state index in [4.69, 9.17) is 21.7 Å². The summed E-state index contributed by atoms with van der Waals surface area (Å²) in [7, 11) is 3.37. The lowest BCUT2D eigenvalue weighted by Crippen LogP contribution is -2.45. The van der Waals surface area contributed by atoms with Crippen LogP contribution in [0, 0.1) is 0 Å². The zero-order valence-corrected chi connectivity index (χ0v) is 16.9. The maximum absolute atomic E-state index is 5.53. The largest absolute Gasteiger partial charge is 0.497 e. The van der Waals surface area contributed by atoms with Crippen molar-refractivity contribution in [2.24, 2.45) is 0 Å². The van der Waals surface area contributed by atoms with Crippen LogP contribution in [0.25, 0.3) is 6.08 Å². The van der Waals surface area contributed by atoms with Gasteiger partial charge in [-0.15, -0.1) is 0 Å². The summed E-state index contributed by atoms with van der Waals surface area (Å²) in [5, 5.41) is 7.53. The van der Waals surface area contributed by atoms with Gasteiger partial charge in [-0.25, -0.2) is 0 Å². The van der Waals surface area contributed by atoms with Gasteiger partial charge in [0, 0.05) is 5.70 Å². The summed E-state index contributed by atoms with van der Waals surface area (Å²) in [6, 6.07) is 16.5. The average molecular weight is 393 g/mol. The van der Waals surface area contributed by atoms with Gasteiger partial charge in [-0.3, -0.25) is 0 Å². The number of rotatable bonds is 4. The fraction of sp³-hybridized carbons (Fsp3) is 0.261. The van der Waals surface area contributed by atoms with Gasteiger partial charge < -0.3 is 20.1 Å². The molecule has 2 aliphatic rings. The quantitative estimate of drug-likeness (QED) is 0.736. The van der Waals surface area contributed by atoms with E-state index in [0.717, 1.165) is 36.3 Å². The second kappa shape index (κ2) is 8.07. The van der Waals surface area contributed by atoms with Gasteiger partial charge in [-0.1, -0.05) is 24.3 Å². The lowest BCUT2D eigenvalue weighted by molar-refractivity contribution is 0.414. The summed E-state index contributed by atoms with van der Waals surface area (Å²) in [5.41, 5.74) is 6.20. The van der Waals surface area contributed by atoms with Gasteiger partial charge in [0.2, 0.25) is 0 Å². The molecule has 1 aliphatic heterocycles. The van der Waals surface area contributed by atoms with Crippen LogP contribution in [-0.2, 0) is 0 Å². The van der Waals surface area contributed by atoms with E-state index in [0.29, 0.717) is 5.11 Å². The molecular weight excluding hydrogens is 368 g/mol. The lowest BCUT2D eigenvalue weighted by Gasteiger charge is -2.36. The van der Waals surface area contributed by atoms with Gasteiger partial charge in [-0.05, 0) is 84.1 Å². The molecule has 0 saturated carbocycles. The van der Waals surface area contributed by atoms with Gasteiger partial charge in [0.1, 0.15) is 11.5 Å². The predicted molar refractivity (Wildman–Crippen MR) is 116 cm³/mol. The molecule has 0 radical (unpaired) electrons.